The van der Waals surface area contributed by atoms with Gasteiger partial charge in [-0.2, -0.15) is 0 Å². The van der Waals surface area contributed by atoms with Crippen LogP contribution in [0.15, 0.2) is 36.4 Å². The van der Waals surface area contributed by atoms with Crippen molar-refractivity contribution >= 4 is 12.0 Å². The zero-order chi connectivity index (χ0) is 15.8. The van der Waals surface area contributed by atoms with Gasteiger partial charge >= 0.3 is 5.97 Å². The minimum absolute atomic E-state index is 0.252. The number of carbonyl (C=O) groups excluding carboxylic acids is 1. The van der Waals surface area contributed by atoms with Crippen LogP contribution in [0.5, 0.6) is 0 Å². The van der Waals surface area contributed by atoms with Crippen molar-refractivity contribution in [3.05, 3.63) is 42.0 Å². The number of hydrogen-bond acceptors (Lipinski definition) is 3. The average molecular weight is 279 g/mol. The molecule has 0 aromatic heterocycles. The van der Waals surface area contributed by atoms with E-state index in [-0.39, 0.29) is 5.97 Å². The fourth-order valence-corrected chi connectivity index (χ4v) is 0.914. The van der Waals surface area contributed by atoms with Crippen molar-refractivity contribution in [1.82, 2.24) is 5.32 Å². The highest BCUT2D eigenvalue weighted by Crippen LogP contribution is 2.00. The number of esters is 1. The summed E-state index contributed by atoms with van der Waals surface area (Å²) in [6, 6.07) is 10.5. The monoisotopic (exact) mass is 279 g/mol. The molecule has 0 aliphatic carbocycles. The summed E-state index contributed by atoms with van der Waals surface area (Å²) < 4.78 is 4.74. The fourth-order valence-electron chi connectivity index (χ4n) is 0.914. The van der Waals surface area contributed by atoms with Gasteiger partial charge < -0.3 is 10.1 Å². The smallest absolute Gasteiger partial charge is 0.302 e. The summed E-state index contributed by atoms with van der Waals surface area (Å²) in [7, 11) is 1.95. The molecule has 0 bridgehead atoms. The van der Waals surface area contributed by atoms with E-state index in [1.54, 1.807) is 0 Å². The number of nitrogens with one attached hydrogen (secondary N) is 1. The lowest BCUT2D eigenvalue weighted by Crippen LogP contribution is -2.15. The maximum Gasteiger partial charge on any atom is 0.302 e. The highest BCUT2D eigenvalue weighted by molar-refractivity contribution is 5.66. The van der Waals surface area contributed by atoms with Crippen molar-refractivity contribution in [3.8, 4) is 0 Å². The molecule has 0 aliphatic heterocycles. The molecule has 0 heterocycles. The average Bonchev–Trinajstić information content (AvgIpc) is 2.47. The third-order valence-corrected chi connectivity index (χ3v) is 2.07. The Hall–Kier alpha value is -1.61. The molecule has 1 N–H and O–H groups in total. The Labute approximate surface area is 124 Å². The van der Waals surface area contributed by atoms with E-state index >= 15 is 0 Å². The Balaban J connectivity index is 0. The van der Waals surface area contributed by atoms with Crippen LogP contribution in [0.25, 0.3) is 6.08 Å². The Morgan fingerprint density at radius 3 is 2.15 bits per heavy atom. The number of hydrogen-bond donors (Lipinski definition) is 1. The minimum atomic E-state index is -0.252. The van der Waals surface area contributed by atoms with Crippen LogP contribution < -0.4 is 5.32 Å². The largest absolute Gasteiger partial charge is 0.462 e. The first-order chi connectivity index (χ1) is 9.56. The molecule has 1 aromatic carbocycles. The minimum Gasteiger partial charge on any atom is -0.462 e. The van der Waals surface area contributed by atoms with Crippen LogP contribution in [0.2, 0.25) is 0 Å². The summed E-state index contributed by atoms with van der Waals surface area (Å²) in [5.74, 6) is -0.252. The van der Waals surface area contributed by atoms with Crippen molar-refractivity contribution in [2.75, 3.05) is 13.7 Å². The molecule has 114 valence electrons. The van der Waals surface area contributed by atoms with E-state index in [2.05, 4.69) is 19.2 Å². The van der Waals surface area contributed by atoms with Gasteiger partial charge in [0, 0.05) is 13.0 Å². The standard InChI is InChI=1S/C11H12O2.C4H11N.C2H6/c1-10(12)13-9-5-8-11-6-3-2-4-7-11;1-4(2)5-3;1-2/h2-8H,9H2,1H3;4-5H,1-3H3;1-2H3/b8-5+;;. The molecule has 0 unspecified atom stereocenters. The van der Waals surface area contributed by atoms with Gasteiger partial charge in [-0.25, -0.2) is 0 Å². The van der Waals surface area contributed by atoms with Crippen LogP contribution in [-0.2, 0) is 9.53 Å². The molecule has 0 saturated heterocycles. The first kappa shape index (κ1) is 20.7. The molecule has 20 heavy (non-hydrogen) atoms. The zero-order valence-electron chi connectivity index (χ0n) is 13.6. The second-order valence-corrected chi connectivity index (χ2v) is 4.06. The highest BCUT2D eigenvalue weighted by atomic mass is 16.5. The first-order valence-corrected chi connectivity index (χ1v) is 7.08. The van der Waals surface area contributed by atoms with E-state index in [4.69, 9.17) is 4.74 Å². The van der Waals surface area contributed by atoms with E-state index in [9.17, 15) is 4.79 Å². The van der Waals surface area contributed by atoms with Gasteiger partial charge in [0.25, 0.3) is 0 Å². The van der Waals surface area contributed by atoms with Gasteiger partial charge in [-0.1, -0.05) is 64.1 Å². The predicted molar refractivity (Wildman–Crippen MR) is 87.7 cm³/mol. The van der Waals surface area contributed by atoms with Gasteiger partial charge in [0.2, 0.25) is 0 Å². The van der Waals surface area contributed by atoms with Crippen molar-refractivity contribution < 1.29 is 9.53 Å². The van der Waals surface area contributed by atoms with Crippen LogP contribution in [0.3, 0.4) is 0 Å². The van der Waals surface area contributed by atoms with E-state index < -0.39 is 0 Å². The molecule has 0 atom stereocenters. The summed E-state index contributed by atoms with van der Waals surface area (Å²) in [5.41, 5.74) is 1.11. The maximum atomic E-state index is 10.4. The lowest BCUT2D eigenvalue weighted by atomic mass is 10.2. The SMILES string of the molecule is CC.CC(=O)OC/C=C/c1ccccc1.CNC(C)C. The molecule has 0 amide bonds. The lowest BCUT2D eigenvalue weighted by Gasteiger charge is -1.95. The lowest BCUT2D eigenvalue weighted by molar-refractivity contribution is -0.139. The Morgan fingerprint density at radius 2 is 1.75 bits per heavy atom. The molecule has 0 fully saturated rings. The quantitative estimate of drug-likeness (QED) is 0.849. The Kier molecular flexibility index (Phi) is 16.0. The van der Waals surface area contributed by atoms with Crippen LogP contribution >= 0.6 is 0 Å². The summed E-state index contributed by atoms with van der Waals surface area (Å²) >= 11 is 0. The predicted octanol–water partition coefficient (Wildman–Crippen LogP) is 3.90. The molecule has 0 saturated carbocycles. The van der Waals surface area contributed by atoms with Crippen LogP contribution in [-0.4, -0.2) is 25.7 Å². The second kappa shape index (κ2) is 15.4. The molecular formula is C17H29NO2. The zero-order valence-corrected chi connectivity index (χ0v) is 13.6. The number of benzene rings is 1. The Bertz CT molecular complexity index is 345. The van der Waals surface area contributed by atoms with Gasteiger partial charge in [0.15, 0.2) is 0 Å². The molecule has 3 nitrogen and oxygen atoms in total. The molecule has 1 rings (SSSR count). The first-order valence-electron chi connectivity index (χ1n) is 7.08. The molecule has 0 radical (unpaired) electrons. The number of ether oxygens (including phenoxy) is 1. The summed E-state index contributed by atoms with van der Waals surface area (Å²) in [6.45, 7) is 9.96. The van der Waals surface area contributed by atoms with Crippen molar-refractivity contribution in [2.45, 2.75) is 40.7 Å². The molecule has 0 spiro atoms. The summed E-state index contributed by atoms with van der Waals surface area (Å²) in [4.78, 5) is 10.4. The van der Waals surface area contributed by atoms with Crippen molar-refractivity contribution in [1.29, 1.82) is 0 Å². The van der Waals surface area contributed by atoms with Crippen LogP contribution in [0.1, 0.15) is 40.2 Å². The van der Waals surface area contributed by atoms with Gasteiger partial charge in [-0.3, -0.25) is 4.79 Å². The number of carbonyl (C=O) groups is 1. The van der Waals surface area contributed by atoms with E-state index in [0.29, 0.717) is 12.6 Å². The van der Waals surface area contributed by atoms with Crippen LogP contribution in [0, 0.1) is 0 Å². The molecule has 1 aromatic rings. The third kappa shape index (κ3) is 16.4. The normalized spacial score (nSPS) is 9.35. The highest BCUT2D eigenvalue weighted by Gasteiger charge is 1.87. The molecule has 3 heteroatoms. The molecular weight excluding hydrogens is 250 g/mol. The second-order valence-electron chi connectivity index (χ2n) is 4.06. The maximum absolute atomic E-state index is 10.4. The number of rotatable bonds is 4. The van der Waals surface area contributed by atoms with Gasteiger partial charge in [0.05, 0.1) is 0 Å². The van der Waals surface area contributed by atoms with E-state index in [0.717, 1.165) is 5.56 Å². The fraction of sp³-hybridized carbons (Fsp3) is 0.471. The van der Waals surface area contributed by atoms with Crippen molar-refractivity contribution in [2.24, 2.45) is 0 Å². The summed E-state index contributed by atoms with van der Waals surface area (Å²) in [6.07, 6.45) is 3.74. The van der Waals surface area contributed by atoms with Crippen molar-refractivity contribution in [3.63, 3.8) is 0 Å². The summed E-state index contributed by atoms with van der Waals surface area (Å²) in [5, 5.41) is 3.03. The van der Waals surface area contributed by atoms with Gasteiger partial charge in [-0.15, -0.1) is 0 Å². The van der Waals surface area contributed by atoms with E-state index in [1.807, 2.05) is 63.4 Å². The van der Waals surface area contributed by atoms with Crippen LogP contribution in [0.4, 0.5) is 0 Å². The van der Waals surface area contributed by atoms with Gasteiger partial charge in [0.1, 0.15) is 6.61 Å². The third-order valence-electron chi connectivity index (χ3n) is 2.07. The molecule has 0 aliphatic rings. The Morgan fingerprint density at radius 1 is 1.25 bits per heavy atom. The van der Waals surface area contributed by atoms with E-state index in [1.165, 1.54) is 6.92 Å². The topological polar surface area (TPSA) is 38.3 Å². The van der Waals surface area contributed by atoms with Gasteiger partial charge in [-0.05, 0) is 18.7 Å².